The topological polar surface area (TPSA) is 102 Å². The Morgan fingerprint density at radius 1 is 0.975 bits per heavy atom. The number of hydrogen-bond acceptors (Lipinski definition) is 6. The van der Waals surface area contributed by atoms with E-state index in [1.807, 2.05) is 67.6 Å². The van der Waals surface area contributed by atoms with Crippen LogP contribution in [0.3, 0.4) is 0 Å². The molecule has 2 atom stereocenters. The lowest BCUT2D eigenvalue weighted by Gasteiger charge is -2.24. The SMILES string of the molecule is C.Cc1oc(-c2ccccc2)nc1CCOc1ccc(C[C@H]2C[C@@H](C(=O)O)CN2C(=O)Oc2ccccc2)cc1. The first-order valence-corrected chi connectivity index (χ1v) is 13.0. The molecule has 4 aromatic rings. The summed E-state index contributed by atoms with van der Waals surface area (Å²) in [7, 11) is 0. The number of aryl methyl sites for hydroxylation is 1. The Labute approximate surface area is 234 Å². The first-order chi connectivity index (χ1) is 19.0. The maximum atomic E-state index is 12.9. The van der Waals surface area contributed by atoms with Gasteiger partial charge in [0.15, 0.2) is 0 Å². The normalized spacial score (nSPS) is 16.3. The Balaban J connectivity index is 0.00000370. The highest BCUT2D eigenvalue weighted by Crippen LogP contribution is 2.28. The van der Waals surface area contributed by atoms with Crippen molar-refractivity contribution < 1.29 is 28.6 Å². The highest BCUT2D eigenvalue weighted by molar-refractivity contribution is 5.76. The molecule has 1 saturated heterocycles. The minimum Gasteiger partial charge on any atom is -0.493 e. The zero-order valence-electron chi connectivity index (χ0n) is 21.7. The van der Waals surface area contributed by atoms with Crippen LogP contribution >= 0.6 is 0 Å². The molecule has 3 aromatic carbocycles. The summed E-state index contributed by atoms with van der Waals surface area (Å²) in [5.41, 5.74) is 2.78. The van der Waals surface area contributed by atoms with Crippen LogP contribution in [-0.2, 0) is 17.6 Å². The van der Waals surface area contributed by atoms with Gasteiger partial charge in [-0.3, -0.25) is 4.79 Å². The van der Waals surface area contributed by atoms with Gasteiger partial charge in [-0.25, -0.2) is 9.78 Å². The third-order valence-electron chi connectivity index (χ3n) is 6.86. The van der Waals surface area contributed by atoms with Gasteiger partial charge in [0.1, 0.15) is 17.3 Å². The van der Waals surface area contributed by atoms with Crippen molar-refractivity contribution >= 4 is 12.1 Å². The van der Waals surface area contributed by atoms with E-state index < -0.39 is 18.0 Å². The number of rotatable bonds is 9. The van der Waals surface area contributed by atoms with Gasteiger partial charge in [-0.15, -0.1) is 0 Å². The first-order valence-electron chi connectivity index (χ1n) is 13.0. The predicted octanol–water partition coefficient (Wildman–Crippen LogP) is 6.42. The molecule has 0 bridgehead atoms. The molecular formula is C32H34N2O6. The second kappa shape index (κ2) is 13.0. The van der Waals surface area contributed by atoms with E-state index in [-0.39, 0.29) is 20.0 Å². The van der Waals surface area contributed by atoms with Crippen molar-refractivity contribution in [1.82, 2.24) is 9.88 Å². The molecule has 0 spiro atoms. The predicted molar refractivity (Wildman–Crippen MR) is 151 cm³/mol. The van der Waals surface area contributed by atoms with Gasteiger partial charge in [-0.1, -0.05) is 56.0 Å². The third kappa shape index (κ3) is 6.88. The fraction of sp³-hybridized carbons (Fsp3) is 0.281. The lowest BCUT2D eigenvalue weighted by Crippen LogP contribution is -2.39. The Kier molecular flexibility index (Phi) is 9.22. The summed E-state index contributed by atoms with van der Waals surface area (Å²) >= 11 is 0. The van der Waals surface area contributed by atoms with E-state index in [0.717, 1.165) is 28.3 Å². The van der Waals surface area contributed by atoms with Crippen molar-refractivity contribution in [1.29, 1.82) is 0 Å². The molecule has 1 fully saturated rings. The van der Waals surface area contributed by atoms with Crippen molar-refractivity contribution in [2.45, 2.75) is 39.7 Å². The average Bonchev–Trinajstić information content (AvgIpc) is 3.54. The molecule has 1 aromatic heterocycles. The van der Waals surface area contributed by atoms with E-state index in [4.69, 9.17) is 13.9 Å². The molecule has 0 aliphatic carbocycles. The fourth-order valence-electron chi connectivity index (χ4n) is 4.78. The summed E-state index contributed by atoms with van der Waals surface area (Å²) in [6, 6.07) is 26.0. The summed E-state index contributed by atoms with van der Waals surface area (Å²) in [6.45, 7) is 2.48. The largest absolute Gasteiger partial charge is 0.493 e. The Morgan fingerprint density at radius 3 is 2.33 bits per heavy atom. The number of benzene rings is 3. The van der Waals surface area contributed by atoms with E-state index in [9.17, 15) is 14.7 Å². The molecule has 8 heteroatoms. The maximum Gasteiger partial charge on any atom is 0.415 e. The molecule has 40 heavy (non-hydrogen) atoms. The van der Waals surface area contributed by atoms with Crippen LogP contribution in [0.4, 0.5) is 4.79 Å². The van der Waals surface area contributed by atoms with Crippen LogP contribution in [0.25, 0.3) is 11.5 Å². The minimum atomic E-state index is -0.906. The van der Waals surface area contributed by atoms with Gasteiger partial charge >= 0.3 is 12.1 Å². The number of carboxylic acids is 1. The maximum absolute atomic E-state index is 12.9. The molecule has 1 aliphatic rings. The number of aliphatic carboxylic acids is 1. The van der Waals surface area contributed by atoms with Crippen LogP contribution in [0, 0.1) is 12.8 Å². The van der Waals surface area contributed by atoms with E-state index in [1.54, 1.807) is 24.3 Å². The number of hydrogen-bond donors (Lipinski definition) is 1. The zero-order valence-corrected chi connectivity index (χ0v) is 21.7. The number of oxazole rings is 1. The van der Waals surface area contributed by atoms with Crippen molar-refractivity contribution in [3.63, 3.8) is 0 Å². The molecule has 208 valence electrons. The Bertz CT molecular complexity index is 1400. The number of carbonyl (C=O) groups excluding carboxylic acids is 1. The lowest BCUT2D eigenvalue weighted by atomic mass is 10.00. The molecule has 1 aliphatic heterocycles. The number of likely N-dealkylation sites (tertiary alicyclic amines) is 1. The molecule has 0 unspecified atom stereocenters. The first kappa shape index (κ1) is 28.4. The third-order valence-corrected chi connectivity index (χ3v) is 6.86. The Hall–Kier alpha value is -4.59. The van der Waals surface area contributed by atoms with Crippen molar-refractivity contribution in [2.24, 2.45) is 5.92 Å². The average molecular weight is 543 g/mol. The highest BCUT2D eigenvalue weighted by Gasteiger charge is 2.39. The molecule has 0 saturated carbocycles. The van der Waals surface area contributed by atoms with Gasteiger partial charge in [0.25, 0.3) is 0 Å². The number of para-hydroxylation sites is 1. The van der Waals surface area contributed by atoms with E-state index in [1.165, 1.54) is 4.90 Å². The van der Waals surface area contributed by atoms with E-state index in [2.05, 4.69) is 4.98 Å². The molecule has 2 heterocycles. The quantitative estimate of drug-likeness (QED) is 0.260. The van der Waals surface area contributed by atoms with Gasteiger partial charge in [0.2, 0.25) is 5.89 Å². The molecule has 5 rings (SSSR count). The minimum absolute atomic E-state index is 0. The second-order valence-corrected chi connectivity index (χ2v) is 9.59. The molecule has 1 amide bonds. The highest BCUT2D eigenvalue weighted by atomic mass is 16.6. The standard InChI is InChI=1S/C31H30N2O6.CH4/c1-21-28(32-29(38-21)23-8-4-2-5-9-23)16-17-37-26-14-12-22(13-15-26)18-25-19-24(30(34)35)20-33(25)31(36)39-27-10-6-3-7-11-27;/h2-15,24-25H,16-20H2,1H3,(H,34,35);1H4/t24-,25+;/m1./s1. The number of amides is 1. The monoisotopic (exact) mass is 542 g/mol. The van der Waals surface area contributed by atoms with Gasteiger partial charge < -0.3 is 23.9 Å². The summed E-state index contributed by atoms with van der Waals surface area (Å²) in [6.07, 6.45) is 0.975. The molecule has 1 N–H and O–H groups in total. The van der Waals surface area contributed by atoms with Gasteiger partial charge in [0.05, 0.1) is 18.2 Å². The summed E-state index contributed by atoms with van der Waals surface area (Å²) in [5, 5.41) is 9.56. The molecule has 0 radical (unpaired) electrons. The van der Waals surface area contributed by atoms with Crippen LogP contribution in [0.15, 0.2) is 89.3 Å². The number of aromatic nitrogens is 1. The lowest BCUT2D eigenvalue weighted by molar-refractivity contribution is -0.141. The van der Waals surface area contributed by atoms with E-state index in [0.29, 0.717) is 37.5 Å². The second-order valence-electron chi connectivity index (χ2n) is 9.59. The van der Waals surface area contributed by atoms with Gasteiger partial charge in [-0.2, -0.15) is 0 Å². The molecular weight excluding hydrogens is 508 g/mol. The van der Waals surface area contributed by atoms with E-state index >= 15 is 0 Å². The van der Waals surface area contributed by atoms with Crippen molar-refractivity contribution in [2.75, 3.05) is 13.2 Å². The number of nitrogens with zero attached hydrogens (tertiary/aromatic N) is 2. The summed E-state index contributed by atoms with van der Waals surface area (Å²) in [4.78, 5) is 30.7. The van der Waals surface area contributed by atoms with Crippen LogP contribution in [0.1, 0.15) is 30.9 Å². The Morgan fingerprint density at radius 2 is 1.65 bits per heavy atom. The zero-order chi connectivity index (χ0) is 27.2. The van der Waals surface area contributed by atoms with Crippen LogP contribution in [0.2, 0.25) is 0 Å². The van der Waals surface area contributed by atoms with Crippen LogP contribution < -0.4 is 9.47 Å². The van der Waals surface area contributed by atoms with Crippen molar-refractivity contribution in [3.8, 4) is 23.0 Å². The van der Waals surface area contributed by atoms with Crippen molar-refractivity contribution in [3.05, 3.63) is 102 Å². The van der Waals surface area contributed by atoms with Gasteiger partial charge in [0, 0.05) is 24.6 Å². The summed E-state index contributed by atoms with van der Waals surface area (Å²) in [5.74, 6) is 1.00. The fourth-order valence-corrected chi connectivity index (χ4v) is 4.78. The summed E-state index contributed by atoms with van der Waals surface area (Å²) < 4.78 is 17.2. The van der Waals surface area contributed by atoms with Crippen LogP contribution in [-0.4, -0.2) is 46.2 Å². The number of carbonyl (C=O) groups is 2. The van der Waals surface area contributed by atoms with Crippen LogP contribution in [0.5, 0.6) is 11.5 Å². The van der Waals surface area contributed by atoms with Gasteiger partial charge in [-0.05, 0) is 61.7 Å². The number of carboxylic acid groups (broad SMARTS) is 1. The molecule has 8 nitrogen and oxygen atoms in total. The smallest absolute Gasteiger partial charge is 0.415 e. The number of ether oxygens (including phenoxy) is 2.